The van der Waals surface area contributed by atoms with Crippen LogP contribution in [0.3, 0.4) is 0 Å². The number of rotatable bonds is 6. The molecule has 0 spiro atoms. The number of hydrogen-bond donors (Lipinski definition) is 1. The third-order valence-corrected chi connectivity index (χ3v) is 4.05. The highest BCUT2D eigenvalue weighted by Crippen LogP contribution is 2.32. The number of benzene rings is 1. The highest BCUT2D eigenvalue weighted by Gasteiger charge is 2.33. The minimum Gasteiger partial charge on any atom is -0.377 e. The average Bonchev–Trinajstić information content (AvgIpc) is 2.38. The Morgan fingerprint density at radius 1 is 1.22 bits per heavy atom. The lowest BCUT2D eigenvalue weighted by Crippen LogP contribution is -2.42. The average molecular weight is 249 g/mol. The van der Waals surface area contributed by atoms with Crippen LogP contribution in [0, 0.1) is 13.8 Å². The van der Waals surface area contributed by atoms with E-state index >= 15 is 0 Å². The number of aryl methyl sites for hydroxylation is 2. The van der Waals surface area contributed by atoms with Gasteiger partial charge >= 0.3 is 0 Å². The summed E-state index contributed by atoms with van der Waals surface area (Å²) < 4.78 is 5.76. The molecule has 0 radical (unpaired) electrons. The summed E-state index contributed by atoms with van der Waals surface area (Å²) in [5.41, 5.74) is 3.82. The van der Waals surface area contributed by atoms with Crippen LogP contribution in [-0.2, 0) is 4.74 Å². The van der Waals surface area contributed by atoms with E-state index < -0.39 is 0 Å². The van der Waals surface area contributed by atoms with Crippen molar-refractivity contribution in [1.82, 2.24) is 5.32 Å². The summed E-state index contributed by atoms with van der Waals surface area (Å²) >= 11 is 0. The SMILES string of the molecule is CCNC(c1ccc(C)c(C)c1)C(C)(CC)OC. The van der Waals surface area contributed by atoms with Crippen molar-refractivity contribution in [3.63, 3.8) is 0 Å². The van der Waals surface area contributed by atoms with E-state index in [-0.39, 0.29) is 11.6 Å². The summed E-state index contributed by atoms with van der Waals surface area (Å²) in [6.45, 7) is 11.7. The quantitative estimate of drug-likeness (QED) is 0.828. The fraction of sp³-hybridized carbons (Fsp3) is 0.625. The Kier molecular flexibility index (Phi) is 5.36. The van der Waals surface area contributed by atoms with E-state index in [1.165, 1.54) is 16.7 Å². The maximum Gasteiger partial charge on any atom is 0.0841 e. The molecule has 0 saturated carbocycles. The molecule has 0 aliphatic rings. The third kappa shape index (κ3) is 3.12. The summed E-state index contributed by atoms with van der Waals surface area (Å²) in [4.78, 5) is 0. The molecule has 1 aromatic carbocycles. The number of likely N-dealkylation sites (N-methyl/N-ethyl adjacent to an activating group) is 1. The fourth-order valence-electron chi connectivity index (χ4n) is 2.30. The Bertz CT molecular complexity index is 383. The molecule has 2 nitrogen and oxygen atoms in total. The molecular weight excluding hydrogens is 222 g/mol. The number of methoxy groups -OCH3 is 1. The highest BCUT2D eigenvalue weighted by atomic mass is 16.5. The molecule has 0 aromatic heterocycles. The zero-order chi connectivity index (χ0) is 13.8. The summed E-state index contributed by atoms with van der Waals surface area (Å²) in [5.74, 6) is 0. The van der Waals surface area contributed by atoms with Crippen LogP contribution in [-0.4, -0.2) is 19.3 Å². The molecule has 0 fully saturated rings. The van der Waals surface area contributed by atoms with Crippen molar-refractivity contribution in [3.8, 4) is 0 Å². The van der Waals surface area contributed by atoms with Crippen LogP contribution >= 0.6 is 0 Å². The predicted molar refractivity (Wildman–Crippen MR) is 78.0 cm³/mol. The monoisotopic (exact) mass is 249 g/mol. The van der Waals surface area contributed by atoms with Crippen LogP contribution < -0.4 is 5.32 Å². The molecule has 0 aliphatic carbocycles. The van der Waals surface area contributed by atoms with Gasteiger partial charge in [0.15, 0.2) is 0 Å². The zero-order valence-electron chi connectivity index (χ0n) is 12.6. The predicted octanol–water partition coefficient (Wildman–Crippen LogP) is 3.77. The Labute approximate surface area is 112 Å². The summed E-state index contributed by atoms with van der Waals surface area (Å²) in [6, 6.07) is 6.91. The largest absolute Gasteiger partial charge is 0.377 e. The first-order valence-corrected chi connectivity index (χ1v) is 6.84. The van der Waals surface area contributed by atoms with E-state index in [1.807, 2.05) is 0 Å². The van der Waals surface area contributed by atoms with Gasteiger partial charge < -0.3 is 10.1 Å². The van der Waals surface area contributed by atoms with Crippen molar-refractivity contribution in [2.75, 3.05) is 13.7 Å². The first-order valence-electron chi connectivity index (χ1n) is 6.84. The molecule has 1 rings (SSSR count). The molecule has 0 saturated heterocycles. The normalized spacial score (nSPS) is 16.3. The van der Waals surface area contributed by atoms with Gasteiger partial charge in [0.1, 0.15) is 0 Å². The molecule has 1 aromatic rings. The van der Waals surface area contributed by atoms with E-state index in [9.17, 15) is 0 Å². The van der Waals surface area contributed by atoms with Crippen LogP contribution in [0.4, 0.5) is 0 Å². The number of nitrogens with one attached hydrogen (secondary N) is 1. The molecular formula is C16H27NO. The van der Waals surface area contributed by atoms with E-state index in [0.29, 0.717) is 0 Å². The molecule has 2 heteroatoms. The minimum absolute atomic E-state index is 0.169. The Morgan fingerprint density at radius 2 is 1.89 bits per heavy atom. The highest BCUT2D eigenvalue weighted by molar-refractivity contribution is 5.33. The summed E-state index contributed by atoms with van der Waals surface area (Å²) in [6.07, 6.45) is 0.980. The van der Waals surface area contributed by atoms with E-state index in [4.69, 9.17) is 4.74 Å². The van der Waals surface area contributed by atoms with Gasteiger partial charge in [0, 0.05) is 7.11 Å². The van der Waals surface area contributed by atoms with E-state index in [2.05, 4.69) is 58.1 Å². The maximum absolute atomic E-state index is 5.76. The van der Waals surface area contributed by atoms with Gasteiger partial charge in [-0.3, -0.25) is 0 Å². The molecule has 0 amide bonds. The zero-order valence-corrected chi connectivity index (χ0v) is 12.6. The molecule has 0 heterocycles. The lowest BCUT2D eigenvalue weighted by molar-refractivity contribution is -0.0296. The first kappa shape index (κ1) is 15.2. The number of ether oxygens (including phenoxy) is 1. The van der Waals surface area contributed by atoms with Gasteiger partial charge in [-0.05, 0) is 50.4 Å². The van der Waals surface area contributed by atoms with Gasteiger partial charge in [0.05, 0.1) is 11.6 Å². The van der Waals surface area contributed by atoms with E-state index in [1.54, 1.807) is 7.11 Å². The van der Waals surface area contributed by atoms with Crippen molar-refractivity contribution >= 4 is 0 Å². The Morgan fingerprint density at radius 3 is 2.33 bits per heavy atom. The molecule has 2 unspecified atom stereocenters. The Balaban J connectivity index is 3.14. The molecule has 0 bridgehead atoms. The lowest BCUT2D eigenvalue weighted by Gasteiger charge is -2.37. The second kappa shape index (κ2) is 6.35. The van der Waals surface area contributed by atoms with Gasteiger partial charge in [-0.1, -0.05) is 32.0 Å². The Hall–Kier alpha value is -0.860. The van der Waals surface area contributed by atoms with Crippen LogP contribution in [0.5, 0.6) is 0 Å². The second-order valence-corrected chi connectivity index (χ2v) is 5.20. The van der Waals surface area contributed by atoms with Gasteiger partial charge in [-0.15, -0.1) is 0 Å². The van der Waals surface area contributed by atoms with Crippen molar-refractivity contribution in [3.05, 3.63) is 34.9 Å². The lowest BCUT2D eigenvalue weighted by atomic mass is 9.86. The van der Waals surface area contributed by atoms with Gasteiger partial charge in [0.2, 0.25) is 0 Å². The third-order valence-electron chi connectivity index (χ3n) is 4.05. The maximum atomic E-state index is 5.76. The standard InChI is InChI=1S/C16H27NO/c1-7-16(5,18-6)15(17-8-2)14-10-9-12(3)13(4)11-14/h9-11,15,17H,7-8H2,1-6H3. The van der Waals surface area contributed by atoms with Gasteiger partial charge in [-0.2, -0.15) is 0 Å². The smallest absolute Gasteiger partial charge is 0.0841 e. The van der Waals surface area contributed by atoms with Crippen molar-refractivity contribution in [1.29, 1.82) is 0 Å². The summed E-state index contributed by atoms with van der Waals surface area (Å²) in [5, 5.41) is 3.56. The van der Waals surface area contributed by atoms with Gasteiger partial charge in [0.25, 0.3) is 0 Å². The van der Waals surface area contributed by atoms with Crippen LogP contribution in [0.1, 0.15) is 49.9 Å². The van der Waals surface area contributed by atoms with Gasteiger partial charge in [-0.25, -0.2) is 0 Å². The minimum atomic E-state index is -0.169. The van der Waals surface area contributed by atoms with Crippen molar-refractivity contribution in [2.24, 2.45) is 0 Å². The molecule has 1 N–H and O–H groups in total. The van der Waals surface area contributed by atoms with Crippen molar-refractivity contribution in [2.45, 2.75) is 52.7 Å². The molecule has 18 heavy (non-hydrogen) atoms. The topological polar surface area (TPSA) is 21.3 Å². The second-order valence-electron chi connectivity index (χ2n) is 5.20. The van der Waals surface area contributed by atoms with Crippen LogP contribution in [0.15, 0.2) is 18.2 Å². The molecule has 102 valence electrons. The fourth-order valence-corrected chi connectivity index (χ4v) is 2.30. The van der Waals surface area contributed by atoms with Crippen LogP contribution in [0.25, 0.3) is 0 Å². The number of hydrogen-bond acceptors (Lipinski definition) is 2. The molecule has 2 atom stereocenters. The first-order chi connectivity index (χ1) is 8.48. The molecule has 0 aliphatic heterocycles. The van der Waals surface area contributed by atoms with Crippen molar-refractivity contribution < 1.29 is 4.74 Å². The van der Waals surface area contributed by atoms with Crippen LogP contribution in [0.2, 0.25) is 0 Å². The van der Waals surface area contributed by atoms with E-state index in [0.717, 1.165) is 13.0 Å². The summed E-state index contributed by atoms with van der Waals surface area (Å²) in [7, 11) is 1.80.